The van der Waals surface area contributed by atoms with Crippen molar-refractivity contribution in [1.82, 2.24) is 0 Å². The number of carboxylic acid groups (broad SMARTS) is 2. The summed E-state index contributed by atoms with van der Waals surface area (Å²) in [7, 11) is 0. The first-order valence-electron chi connectivity index (χ1n) is 13.5. The molecule has 0 aromatic rings. The molecule has 2 N–H and O–H groups in total. The van der Waals surface area contributed by atoms with Gasteiger partial charge < -0.3 is 38.6 Å². The van der Waals surface area contributed by atoms with E-state index in [0.717, 1.165) is 0 Å². The predicted molar refractivity (Wildman–Crippen MR) is 139 cm³/mol. The average Bonchev–Trinajstić information content (AvgIpc) is 3.44. The minimum Gasteiger partial charge on any atom is -0.481 e. The van der Waals surface area contributed by atoms with Crippen LogP contribution in [-0.2, 0) is 66.8 Å². The van der Waals surface area contributed by atoms with Crippen molar-refractivity contribution in [2.75, 3.05) is 13.2 Å². The molecule has 4 aliphatic rings. The topological polar surface area (TPSA) is 232 Å². The lowest BCUT2D eigenvalue weighted by atomic mass is 9.78. The Morgan fingerprint density at radius 1 is 0.841 bits per heavy atom. The fourth-order valence-corrected chi connectivity index (χ4v) is 5.19. The van der Waals surface area contributed by atoms with Gasteiger partial charge in [-0.1, -0.05) is 13.2 Å². The Balaban J connectivity index is 0.000000240. The van der Waals surface area contributed by atoms with E-state index >= 15 is 0 Å². The van der Waals surface area contributed by atoms with Gasteiger partial charge in [0.25, 0.3) is 0 Å². The minimum atomic E-state index is -1.92. The van der Waals surface area contributed by atoms with Crippen LogP contribution in [0.1, 0.15) is 46.0 Å². The molecule has 4 rings (SSSR count). The van der Waals surface area contributed by atoms with Crippen LogP contribution < -0.4 is 0 Å². The summed E-state index contributed by atoms with van der Waals surface area (Å²) in [6, 6.07) is 0. The van der Waals surface area contributed by atoms with Crippen molar-refractivity contribution in [3.8, 4) is 0 Å². The zero-order valence-corrected chi connectivity index (χ0v) is 23.9. The Hall–Kier alpha value is -4.76. The molecule has 2 aliphatic heterocycles. The van der Waals surface area contributed by atoms with E-state index in [2.05, 4.69) is 22.6 Å². The molecule has 44 heavy (non-hydrogen) atoms. The minimum absolute atomic E-state index is 0.0242. The smallest absolute Gasteiger partial charge is 0.352 e. The highest BCUT2D eigenvalue weighted by Gasteiger charge is 2.60. The standard InChI is InChI=1S/2C14H16O8/c1-6(2)13(18)20-5-10(15)22-11-8(12(16)17)3-7-4-9(11)21-14(7)19;1-7(2)11(16)20-6-10(15)22-14(13(18)19)4-3-8-5-9(14)21-12(8)17/h7-9,11H,1,3-5H2,2H3,(H,16,17);8-9H,1,3-6H2,2H3,(H,18,19). The fourth-order valence-electron chi connectivity index (χ4n) is 5.19. The van der Waals surface area contributed by atoms with E-state index in [1.54, 1.807) is 0 Å². The number of hydrogen-bond donors (Lipinski definition) is 2. The van der Waals surface area contributed by atoms with Gasteiger partial charge in [-0.2, -0.15) is 0 Å². The van der Waals surface area contributed by atoms with Gasteiger partial charge in [0, 0.05) is 30.4 Å². The van der Waals surface area contributed by atoms with Gasteiger partial charge in [-0.15, -0.1) is 0 Å². The number of carboxylic acids is 2. The number of esters is 6. The summed E-state index contributed by atoms with van der Waals surface area (Å²) in [5.41, 5.74) is -1.69. The average molecular weight is 625 g/mol. The van der Waals surface area contributed by atoms with Gasteiger partial charge >= 0.3 is 47.8 Å². The van der Waals surface area contributed by atoms with Crippen molar-refractivity contribution < 1.29 is 77.0 Å². The summed E-state index contributed by atoms with van der Waals surface area (Å²) in [6.45, 7) is 8.16. The highest BCUT2D eigenvalue weighted by molar-refractivity contribution is 5.90. The predicted octanol–water partition coefficient (Wildman–Crippen LogP) is 0.252. The van der Waals surface area contributed by atoms with Crippen LogP contribution >= 0.6 is 0 Å². The first-order chi connectivity index (χ1) is 20.5. The summed E-state index contributed by atoms with van der Waals surface area (Å²) < 4.78 is 29.4. The molecular formula is C28H32O16. The van der Waals surface area contributed by atoms with Crippen molar-refractivity contribution in [2.45, 2.75) is 69.9 Å². The number of rotatable bonds is 10. The lowest BCUT2D eigenvalue weighted by molar-refractivity contribution is -0.199. The molecule has 0 radical (unpaired) electrons. The number of fused-ring (bicyclic) bond motifs is 4. The van der Waals surface area contributed by atoms with Crippen LogP contribution in [-0.4, -0.2) is 95.1 Å². The number of carbonyl (C=O) groups excluding carboxylic acids is 6. The quantitative estimate of drug-likeness (QED) is 0.188. The van der Waals surface area contributed by atoms with Gasteiger partial charge in [0.05, 0.1) is 17.8 Å². The summed E-state index contributed by atoms with van der Waals surface area (Å²) >= 11 is 0. The highest BCUT2D eigenvalue weighted by atomic mass is 16.6. The second-order valence-electron chi connectivity index (χ2n) is 10.8. The van der Waals surface area contributed by atoms with E-state index in [9.17, 15) is 48.6 Å². The molecule has 0 aromatic heterocycles. The lowest BCUT2D eigenvalue weighted by Crippen LogP contribution is -2.54. The monoisotopic (exact) mass is 624 g/mol. The molecule has 0 aromatic carbocycles. The van der Waals surface area contributed by atoms with E-state index in [1.807, 2.05) is 0 Å². The van der Waals surface area contributed by atoms with Gasteiger partial charge in [0.15, 0.2) is 25.4 Å². The number of carbonyl (C=O) groups is 8. The van der Waals surface area contributed by atoms with Crippen molar-refractivity contribution in [2.24, 2.45) is 17.8 Å². The molecule has 4 bridgehead atoms. The maximum atomic E-state index is 11.8. The summed E-state index contributed by atoms with van der Waals surface area (Å²) in [6.07, 6.45) is -2.03. The Kier molecular flexibility index (Phi) is 10.5. The normalized spacial score (nSPS) is 29.4. The molecular weight excluding hydrogens is 592 g/mol. The van der Waals surface area contributed by atoms with E-state index < -0.39 is 96.7 Å². The molecule has 7 unspecified atom stereocenters. The van der Waals surface area contributed by atoms with Gasteiger partial charge in [0.1, 0.15) is 6.10 Å². The van der Waals surface area contributed by atoms with Crippen molar-refractivity contribution in [3.63, 3.8) is 0 Å². The SMILES string of the molecule is C=C(C)C(=O)OCC(=O)OC1(C(=O)O)CCC2CC1OC2=O.C=C(C)C(=O)OCC(=O)OC1C2CC(CC1C(=O)O)C(=O)O2. The molecule has 0 amide bonds. The maximum Gasteiger partial charge on any atom is 0.352 e. The molecule has 16 heteroatoms. The molecule has 2 saturated carbocycles. The zero-order chi connectivity index (χ0) is 32.9. The van der Waals surface area contributed by atoms with Crippen LogP contribution in [0.25, 0.3) is 0 Å². The van der Waals surface area contributed by atoms with Crippen LogP contribution in [0, 0.1) is 17.8 Å². The number of aliphatic carboxylic acids is 2. The van der Waals surface area contributed by atoms with Gasteiger partial charge in [-0.05, 0) is 26.7 Å². The van der Waals surface area contributed by atoms with Crippen LogP contribution in [0.15, 0.2) is 24.3 Å². The Morgan fingerprint density at radius 3 is 1.95 bits per heavy atom. The van der Waals surface area contributed by atoms with E-state index in [4.69, 9.17) is 18.9 Å². The molecule has 7 atom stereocenters. The molecule has 2 aliphatic carbocycles. The van der Waals surface area contributed by atoms with Crippen molar-refractivity contribution >= 4 is 47.8 Å². The zero-order valence-electron chi connectivity index (χ0n) is 23.9. The molecule has 240 valence electrons. The molecule has 4 fully saturated rings. The Morgan fingerprint density at radius 2 is 1.41 bits per heavy atom. The summed E-state index contributed by atoms with van der Waals surface area (Å²) in [5, 5.41) is 18.6. The Bertz CT molecular complexity index is 1280. The van der Waals surface area contributed by atoms with Crippen LogP contribution in [0.3, 0.4) is 0 Å². The second-order valence-corrected chi connectivity index (χ2v) is 10.8. The van der Waals surface area contributed by atoms with Crippen LogP contribution in [0.2, 0.25) is 0 Å². The Labute approximate surface area is 250 Å². The third kappa shape index (κ3) is 7.60. The van der Waals surface area contributed by atoms with Gasteiger partial charge in [0.2, 0.25) is 5.60 Å². The fraction of sp³-hybridized carbons (Fsp3) is 0.571. The summed E-state index contributed by atoms with van der Waals surface area (Å²) in [4.78, 5) is 91.7. The first-order valence-corrected chi connectivity index (χ1v) is 13.5. The lowest BCUT2D eigenvalue weighted by Gasteiger charge is -2.35. The van der Waals surface area contributed by atoms with E-state index in [-0.39, 0.29) is 42.7 Å². The highest BCUT2D eigenvalue weighted by Crippen LogP contribution is 2.43. The second kappa shape index (κ2) is 13.7. The van der Waals surface area contributed by atoms with E-state index in [1.165, 1.54) is 13.8 Å². The van der Waals surface area contributed by atoms with Crippen molar-refractivity contribution in [1.29, 1.82) is 0 Å². The summed E-state index contributed by atoms with van der Waals surface area (Å²) in [5.74, 6) is -8.77. The van der Waals surface area contributed by atoms with Gasteiger partial charge in [-0.25, -0.2) is 24.0 Å². The first kappa shape index (κ1) is 33.7. The van der Waals surface area contributed by atoms with Gasteiger partial charge in [-0.3, -0.25) is 14.4 Å². The number of hydrogen-bond acceptors (Lipinski definition) is 14. The molecule has 2 saturated heterocycles. The molecule has 0 spiro atoms. The number of ether oxygens (including phenoxy) is 6. The largest absolute Gasteiger partial charge is 0.481 e. The molecule has 16 nitrogen and oxygen atoms in total. The van der Waals surface area contributed by atoms with Crippen LogP contribution in [0.5, 0.6) is 0 Å². The third-order valence-electron chi connectivity index (χ3n) is 7.48. The van der Waals surface area contributed by atoms with Crippen LogP contribution in [0.4, 0.5) is 0 Å². The van der Waals surface area contributed by atoms with E-state index in [0.29, 0.717) is 6.42 Å². The third-order valence-corrected chi connectivity index (χ3v) is 7.48. The maximum absolute atomic E-state index is 11.8. The molecule has 2 heterocycles. The van der Waals surface area contributed by atoms with Crippen molar-refractivity contribution in [3.05, 3.63) is 24.3 Å².